The van der Waals surface area contributed by atoms with Gasteiger partial charge in [-0.15, -0.1) is 5.10 Å². The second-order valence-corrected chi connectivity index (χ2v) is 6.22. The fraction of sp³-hybridized carbons (Fsp3) is 0.125. The van der Waals surface area contributed by atoms with Crippen LogP contribution >= 0.6 is 23.4 Å². The van der Waals surface area contributed by atoms with Gasteiger partial charge in [-0.25, -0.2) is 4.39 Å². The van der Waals surface area contributed by atoms with Crippen LogP contribution in [-0.2, 0) is 11.9 Å². The highest BCUT2D eigenvalue weighted by atomic mass is 35.5. The first-order valence-electron chi connectivity index (χ1n) is 6.87. The van der Waals surface area contributed by atoms with Crippen molar-refractivity contribution in [2.24, 2.45) is 15.9 Å². The van der Waals surface area contributed by atoms with Crippen molar-refractivity contribution in [3.63, 3.8) is 0 Å². The van der Waals surface area contributed by atoms with Crippen molar-refractivity contribution in [3.8, 4) is 0 Å². The molecule has 0 spiro atoms. The highest BCUT2D eigenvalue weighted by Crippen LogP contribution is 2.34. The summed E-state index contributed by atoms with van der Waals surface area (Å²) in [4.78, 5) is 0. The molecule has 0 radical (unpaired) electrons. The normalized spacial score (nSPS) is 12.8. The lowest BCUT2D eigenvalue weighted by Crippen LogP contribution is -2.09. The summed E-state index contributed by atoms with van der Waals surface area (Å²) in [5, 5.41) is 6.80. The lowest BCUT2D eigenvalue weighted by atomic mass is 10.1. The van der Waals surface area contributed by atoms with Crippen LogP contribution in [0.1, 0.15) is 16.7 Å². The van der Waals surface area contributed by atoms with Crippen molar-refractivity contribution < 1.29 is 17.6 Å². The summed E-state index contributed by atoms with van der Waals surface area (Å²) in [6, 6.07) is 11.1. The molecule has 2 rings (SSSR count). The molecule has 0 amide bonds. The van der Waals surface area contributed by atoms with Crippen LogP contribution in [0.3, 0.4) is 0 Å². The summed E-state index contributed by atoms with van der Waals surface area (Å²) in [7, 11) is 0. The molecule has 0 fully saturated rings. The molecule has 0 unspecified atom stereocenters. The van der Waals surface area contributed by atoms with Crippen LogP contribution in [0.15, 0.2) is 52.7 Å². The molecule has 25 heavy (non-hydrogen) atoms. The van der Waals surface area contributed by atoms with E-state index in [-0.39, 0.29) is 10.7 Å². The molecular formula is C16H12ClF4N3S. The number of benzene rings is 2. The summed E-state index contributed by atoms with van der Waals surface area (Å²) in [6.45, 7) is 0. The van der Waals surface area contributed by atoms with Crippen molar-refractivity contribution in [3.05, 3.63) is 70.0 Å². The lowest BCUT2D eigenvalue weighted by molar-refractivity contribution is -0.140. The lowest BCUT2D eigenvalue weighted by Gasteiger charge is -2.09. The maximum absolute atomic E-state index is 13.4. The molecule has 132 valence electrons. The number of halogens is 5. The van der Waals surface area contributed by atoms with E-state index in [2.05, 4.69) is 10.2 Å². The quantitative estimate of drug-likeness (QED) is 0.343. The SMILES string of the molecule is NC(=NN=Cc1cc(Cl)c(F)c(C(F)(F)F)c1)SCc1ccccc1. The Bertz CT molecular complexity index is 792. The van der Waals surface area contributed by atoms with Gasteiger partial charge in [0, 0.05) is 5.75 Å². The van der Waals surface area contributed by atoms with Crippen molar-refractivity contribution in [2.75, 3.05) is 0 Å². The van der Waals surface area contributed by atoms with Crippen LogP contribution in [0.4, 0.5) is 17.6 Å². The van der Waals surface area contributed by atoms with Crippen molar-refractivity contribution >= 4 is 34.7 Å². The standard InChI is InChI=1S/C16H12ClF4N3S/c17-13-7-11(6-12(14(13)18)16(19,20)21)8-23-24-15(22)25-9-10-4-2-1-3-5-10/h1-8H,9H2,(H2,22,24). The Morgan fingerprint density at radius 1 is 1.20 bits per heavy atom. The zero-order valence-corrected chi connectivity index (χ0v) is 14.2. The van der Waals surface area contributed by atoms with E-state index in [0.29, 0.717) is 11.8 Å². The Kier molecular flexibility index (Phi) is 6.44. The molecule has 2 N–H and O–H groups in total. The van der Waals surface area contributed by atoms with Crippen LogP contribution < -0.4 is 5.73 Å². The molecule has 0 aliphatic carbocycles. The number of thioether (sulfide) groups is 1. The molecule has 0 saturated heterocycles. The molecule has 3 nitrogen and oxygen atoms in total. The van der Waals surface area contributed by atoms with E-state index in [9.17, 15) is 17.6 Å². The maximum atomic E-state index is 13.4. The van der Waals surface area contributed by atoms with E-state index >= 15 is 0 Å². The van der Waals surface area contributed by atoms with Gasteiger partial charge >= 0.3 is 6.18 Å². The molecule has 2 aromatic rings. The highest BCUT2D eigenvalue weighted by Gasteiger charge is 2.35. The Morgan fingerprint density at radius 3 is 2.52 bits per heavy atom. The van der Waals surface area contributed by atoms with Crippen LogP contribution in [-0.4, -0.2) is 11.4 Å². The minimum absolute atomic E-state index is 0.0386. The van der Waals surface area contributed by atoms with Gasteiger partial charge in [-0.2, -0.15) is 18.3 Å². The van der Waals surface area contributed by atoms with Crippen molar-refractivity contribution in [2.45, 2.75) is 11.9 Å². The zero-order valence-electron chi connectivity index (χ0n) is 12.6. The molecule has 0 saturated carbocycles. The first-order chi connectivity index (χ1) is 11.8. The van der Waals surface area contributed by atoms with Gasteiger partial charge in [0.1, 0.15) is 0 Å². The Hall–Kier alpha value is -2.06. The van der Waals surface area contributed by atoms with Crippen molar-refractivity contribution in [1.82, 2.24) is 0 Å². The third-order valence-corrected chi connectivity index (χ3v) is 4.08. The van der Waals surface area contributed by atoms with Crippen LogP contribution in [0.2, 0.25) is 5.02 Å². The number of hydrogen-bond donors (Lipinski definition) is 1. The van der Waals surface area contributed by atoms with Gasteiger partial charge < -0.3 is 5.73 Å². The summed E-state index contributed by atoms with van der Waals surface area (Å²) in [5.41, 5.74) is 5.21. The fourth-order valence-corrected chi connectivity index (χ4v) is 2.64. The largest absolute Gasteiger partial charge is 0.419 e. The van der Waals surface area contributed by atoms with Crippen molar-refractivity contribution in [1.29, 1.82) is 0 Å². The number of rotatable bonds is 4. The third kappa shape index (κ3) is 5.75. The maximum Gasteiger partial charge on any atom is 0.419 e. The topological polar surface area (TPSA) is 50.7 Å². The molecule has 0 heterocycles. The number of nitrogens with zero attached hydrogens (tertiary/aromatic N) is 2. The van der Waals surface area contributed by atoms with Gasteiger partial charge in [0.25, 0.3) is 0 Å². The molecule has 0 atom stereocenters. The molecule has 0 aliphatic heterocycles. The second-order valence-electron chi connectivity index (χ2n) is 4.82. The predicted octanol–water partition coefficient (Wildman–Crippen LogP) is 5.08. The van der Waals surface area contributed by atoms with Gasteiger partial charge in [0.05, 0.1) is 16.8 Å². The van der Waals surface area contributed by atoms with Gasteiger partial charge in [0.2, 0.25) is 0 Å². The number of alkyl halides is 3. The number of nitrogens with two attached hydrogens (primary N) is 1. The molecule has 2 aromatic carbocycles. The number of amidine groups is 1. The average Bonchev–Trinajstić information content (AvgIpc) is 2.56. The Morgan fingerprint density at radius 2 is 1.88 bits per heavy atom. The Labute approximate surface area is 150 Å². The van der Waals surface area contributed by atoms with E-state index in [1.807, 2.05) is 30.3 Å². The molecule has 0 aliphatic rings. The minimum atomic E-state index is -4.86. The highest BCUT2D eigenvalue weighted by molar-refractivity contribution is 8.13. The van der Waals surface area contributed by atoms with E-state index in [0.717, 1.165) is 17.8 Å². The third-order valence-electron chi connectivity index (χ3n) is 2.95. The van der Waals surface area contributed by atoms with Gasteiger partial charge in [-0.05, 0) is 23.3 Å². The van der Waals surface area contributed by atoms with Crippen LogP contribution in [0, 0.1) is 5.82 Å². The number of hydrogen-bond acceptors (Lipinski definition) is 3. The smallest absolute Gasteiger partial charge is 0.377 e. The summed E-state index contributed by atoms with van der Waals surface area (Å²) < 4.78 is 51.6. The first-order valence-corrected chi connectivity index (χ1v) is 8.23. The summed E-state index contributed by atoms with van der Waals surface area (Å²) in [5.74, 6) is -0.945. The molecule has 0 bridgehead atoms. The van der Waals surface area contributed by atoms with Crippen LogP contribution in [0.5, 0.6) is 0 Å². The summed E-state index contributed by atoms with van der Waals surface area (Å²) >= 11 is 6.71. The van der Waals surface area contributed by atoms with E-state index in [4.69, 9.17) is 17.3 Å². The predicted molar refractivity (Wildman–Crippen MR) is 93.4 cm³/mol. The summed E-state index contributed by atoms with van der Waals surface area (Å²) in [6.07, 6.45) is -3.83. The van der Waals surface area contributed by atoms with E-state index in [1.165, 1.54) is 11.8 Å². The molecule has 9 heteroatoms. The van der Waals surface area contributed by atoms with Gasteiger partial charge in [-0.3, -0.25) is 0 Å². The minimum Gasteiger partial charge on any atom is -0.377 e. The van der Waals surface area contributed by atoms with Gasteiger partial charge in [-0.1, -0.05) is 53.7 Å². The van der Waals surface area contributed by atoms with Crippen LogP contribution in [0.25, 0.3) is 0 Å². The molecule has 0 aromatic heterocycles. The first kappa shape index (κ1) is 19.3. The molecular weight excluding hydrogens is 378 g/mol. The monoisotopic (exact) mass is 389 g/mol. The second kappa shape index (κ2) is 8.35. The zero-order chi connectivity index (χ0) is 18.4. The van der Waals surface area contributed by atoms with E-state index in [1.54, 1.807) is 0 Å². The van der Waals surface area contributed by atoms with Gasteiger partial charge in [0.15, 0.2) is 11.0 Å². The Balaban J connectivity index is 2.07. The van der Waals surface area contributed by atoms with E-state index < -0.39 is 22.6 Å². The average molecular weight is 390 g/mol. The fourth-order valence-electron chi connectivity index (χ4n) is 1.80.